The molecule has 0 spiro atoms. The van der Waals surface area contributed by atoms with Gasteiger partial charge in [-0.25, -0.2) is 10.0 Å². The molecule has 1 aromatic heterocycles. The predicted octanol–water partition coefficient (Wildman–Crippen LogP) is 4.60. The van der Waals surface area contributed by atoms with Crippen LogP contribution in [0.4, 0.5) is 5.69 Å². The number of aromatic nitrogens is 1. The van der Waals surface area contributed by atoms with Crippen molar-refractivity contribution in [2.75, 3.05) is 51.3 Å². The number of pyridine rings is 1. The molecule has 1 aromatic rings. The maximum Gasteiger partial charge on any atom is 0.246 e. The Morgan fingerprint density at radius 1 is 1.16 bits per heavy atom. The minimum absolute atomic E-state index is 0.0938. The molecule has 0 radical (unpaired) electrons. The smallest absolute Gasteiger partial charge is 0.246 e. The van der Waals surface area contributed by atoms with Gasteiger partial charge in [0.25, 0.3) is 0 Å². The SMILES string of the molecule is N#CNC(=NCCCCCCC(=O)N(OCCN1CCOCC1)C1CCCCC1)Nc1cc(Cl)nc(Cl)c1. The highest BCUT2D eigenvalue weighted by Crippen LogP contribution is 2.24. The van der Waals surface area contributed by atoms with Crippen LogP contribution in [0, 0.1) is 11.5 Å². The first-order valence-corrected chi connectivity index (χ1v) is 14.4. The molecule has 1 aliphatic heterocycles. The number of amides is 1. The van der Waals surface area contributed by atoms with Crippen molar-refractivity contribution in [1.82, 2.24) is 20.3 Å². The van der Waals surface area contributed by atoms with Crippen LogP contribution in [0.15, 0.2) is 17.1 Å². The van der Waals surface area contributed by atoms with E-state index in [1.807, 2.05) is 6.19 Å². The maximum absolute atomic E-state index is 13.1. The highest BCUT2D eigenvalue weighted by atomic mass is 35.5. The zero-order chi connectivity index (χ0) is 27.0. The van der Waals surface area contributed by atoms with Crippen LogP contribution in [0.1, 0.15) is 64.2 Å². The Labute approximate surface area is 235 Å². The van der Waals surface area contributed by atoms with Crippen LogP contribution in [-0.2, 0) is 14.4 Å². The van der Waals surface area contributed by atoms with E-state index in [1.165, 1.54) is 6.42 Å². The first-order chi connectivity index (χ1) is 18.5. The summed E-state index contributed by atoms with van der Waals surface area (Å²) in [5, 5.41) is 16.7. The topological polar surface area (TPSA) is 115 Å². The highest BCUT2D eigenvalue weighted by Gasteiger charge is 2.26. The molecule has 0 unspecified atom stereocenters. The summed E-state index contributed by atoms with van der Waals surface area (Å²) in [4.78, 5) is 29.8. The number of halogens is 2. The van der Waals surface area contributed by atoms with Crippen molar-refractivity contribution in [2.45, 2.75) is 70.3 Å². The van der Waals surface area contributed by atoms with Gasteiger partial charge in [0.1, 0.15) is 10.3 Å². The van der Waals surface area contributed by atoms with Crippen LogP contribution in [0.5, 0.6) is 0 Å². The standard InChI is InChI=1S/C26H39Cl2N7O3/c27-23-18-21(19-24(28)33-23)32-26(31-20-29)30-11-7-2-1-6-10-25(36)35(22-8-4-3-5-9-22)38-17-14-34-12-15-37-16-13-34/h18-19,22H,1-17H2,(H2,30,31,32,33). The van der Waals surface area contributed by atoms with E-state index >= 15 is 0 Å². The lowest BCUT2D eigenvalue weighted by molar-refractivity contribution is -0.205. The van der Waals surface area contributed by atoms with Crippen molar-refractivity contribution in [3.63, 3.8) is 0 Å². The van der Waals surface area contributed by atoms with E-state index in [-0.39, 0.29) is 22.3 Å². The number of guanidine groups is 1. The Bertz CT molecular complexity index is 912. The molecule has 12 heteroatoms. The summed E-state index contributed by atoms with van der Waals surface area (Å²) in [5.74, 6) is 0.412. The molecule has 10 nitrogen and oxygen atoms in total. The average Bonchev–Trinajstić information content (AvgIpc) is 2.91. The fourth-order valence-corrected chi connectivity index (χ4v) is 5.13. The van der Waals surface area contributed by atoms with Crippen LogP contribution >= 0.6 is 23.2 Å². The fraction of sp³-hybridized carbons (Fsp3) is 0.692. The van der Waals surface area contributed by atoms with Gasteiger partial charge in [-0.3, -0.25) is 24.8 Å². The summed E-state index contributed by atoms with van der Waals surface area (Å²) in [6.45, 7) is 5.25. The van der Waals surface area contributed by atoms with E-state index in [0.29, 0.717) is 31.2 Å². The van der Waals surface area contributed by atoms with Crippen molar-refractivity contribution in [2.24, 2.45) is 4.99 Å². The second-order valence-corrected chi connectivity index (χ2v) is 10.3. The van der Waals surface area contributed by atoms with Gasteiger partial charge in [-0.2, -0.15) is 5.26 Å². The zero-order valence-electron chi connectivity index (χ0n) is 22.0. The lowest BCUT2D eigenvalue weighted by atomic mass is 9.95. The molecule has 38 heavy (non-hydrogen) atoms. The number of hydrogen-bond donors (Lipinski definition) is 2. The van der Waals surface area contributed by atoms with Gasteiger partial charge in [-0.05, 0) is 37.8 Å². The van der Waals surface area contributed by atoms with Gasteiger partial charge in [0.2, 0.25) is 11.9 Å². The summed E-state index contributed by atoms with van der Waals surface area (Å²) < 4.78 is 5.41. The van der Waals surface area contributed by atoms with Crippen molar-refractivity contribution in [1.29, 1.82) is 5.26 Å². The van der Waals surface area contributed by atoms with Crippen molar-refractivity contribution >= 4 is 40.8 Å². The lowest BCUT2D eigenvalue weighted by Gasteiger charge is -2.34. The quantitative estimate of drug-likeness (QED) is 0.0675. The van der Waals surface area contributed by atoms with Crippen LogP contribution in [-0.4, -0.2) is 78.9 Å². The Hall–Kier alpha value is -2.16. The molecule has 0 aromatic carbocycles. The first kappa shape index (κ1) is 30.4. The number of hydroxylamine groups is 2. The van der Waals surface area contributed by atoms with E-state index in [0.717, 1.165) is 84.2 Å². The molecular formula is C26H39Cl2N7O3. The third-order valence-corrected chi connectivity index (χ3v) is 7.05. The molecule has 2 N–H and O–H groups in total. The molecule has 0 atom stereocenters. The number of ether oxygens (including phenoxy) is 1. The van der Waals surface area contributed by atoms with Gasteiger partial charge in [-0.15, -0.1) is 0 Å². The van der Waals surface area contributed by atoms with Crippen LogP contribution in [0.2, 0.25) is 10.3 Å². The molecular weight excluding hydrogens is 529 g/mol. The Morgan fingerprint density at radius 3 is 2.58 bits per heavy atom. The van der Waals surface area contributed by atoms with E-state index in [9.17, 15) is 4.79 Å². The summed E-state index contributed by atoms with van der Waals surface area (Å²) in [5.41, 5.74) is 0.588. The third-order valence-electron chi connectivity index (χ3n) is 6.66. The molecule has 1 saturated heterocycles. The van der Waals surface area contributed by atoms with Crippen molar-refractivity contribution < 1.29 is 14.4 Å². The number of carbonyl (C=O) groups is 1. The average molecular weight is 569 g/mol. The summed E-state index contributed by atoms with van der Waals surface area (Å²) >= 11 is 11.9. The second kappa shape index (κ2) is 17.4. The largest absolute Gasteiger partial charge is 0.379 e. The highest BCUT2D eigenvalue weighted by molar-refractivity contribution is 6.33. The molecule has 210 valence electrons. The Balaban J connectivity index is 1.37. The van der Waals surface area contributed by atoms with Crippen LogP contribution in [0.3, 0.4) is 0 Å². The minimum Gasteiger partial charge on any atom is -0.379 e. The number of carbonyl (C=O) groups excluding carboxylic acids is 1. The second-order valence-electron chi connectivity index (χ2n) is 9.56. The number of nitrogens with zero attached hydrogens (tertiary/aromatic N) is 5. The van der Waals surface area contributed by atoms with Crippen LogP contribution < -0.4 is 10.6 Å². The molecule has 1 saturated carbocycles. The van der Waals surface area contributed by atoms with E-state index in [2.05, 4.69) is 25.5 Å². The number of aliphatic imine (C=N–C) groups is 1. The van der Waals surface area contributed by atoms with Crippen molar-refractivity contribution in [3.8, 4) is 6.19 Å². The number of morpholine rings is 1. The lowest BCUT2D eigenvalue weighted by Crippen LogP contribution is -2.44. The van der Waals surface area contributed by atoms with E-state index in [1.54, 1.807) is 17.2 Å². The Morgan fingerprint density at radius 2 is 1.87 bits per heavy atom. The summed E-state index contributed by atoms with van der Waals surface area (Å²) in [6, 6.07) is 3.39. The summed E-state index contributed by atoms with van der Waals surface area (Å²) in [7, 11) is 0. The zero-order valence-corrected chi connectivity index (χ0v) is 23.5. The van der Waals surface area contributed by atoms with Gasteiger partial charge in [0, 0.05) is 38.3 Å². The molecule has 2 aliphatic rings. The maximum atomic E-state index is 13.1. The molecule has 2 heterocycles. The molecule has 3 rings (SSSR count). The first-order valence-electron chi connectivity index (χ1n) is 13.6. The van der Waals surface area contributed by atoms with Gasteiger partial charge >= 0.3 is 0 Å². The molecule has 2 fully saturated rings. The number of unbranched alkanes of at least 4 members (excludes halogenated alkanes) is 3. The molecule has 0 bridgehead atoms. The third kappa shape index (κ3) is 11.3. The number of anilines is 1. The van der Waals surface area contributed by atoms with Gasteiger partial charge in [-0.1, -0.05) is 55.3 Å². The van der Waals surface area contributed by atoms with Crippen LogP contribution in [0.25, 0.3) is 0 Å². The number of hydrogen-bond acceptors (Lipinski definition) is 7. The van der Waals surface area contributed by atoms with Gasteiger partial charge in [0.05, 0.1) is 25.9 Å². The fourth-order valence-electron chi connectivity index (χ4n) is 4.67. The number of rotatable bonds is 13. The van der Waals surface area contributed by atoms with Gasteiger partial charge in [0.15, 0.2) is 6.19 Å². The van der Waals surface area contributed by atoms with Gasteiger partial charge < -0.3 is 10.1 Å². The van der Waals surface area contributed by atoms with E-state index in [4.69, 9.17) is 38.0 Å². The summed E-state index contributed by atoms with van der Waals surface area (Å²) in [6.07, 6.45) is 11.5. The van der Waals surface area contributed by atoms with Crippen molar-refractivity contribution in [3.05, 3.63) is 22.4 Å². The molecule has 1 amide bonds. The predicted molar refractivity (Wildman–Crippen MR) is 149 cm³/mol. The minimum atomic E-state index is 0.0938. The number of nitrogens with one attached hydrogen (secondary N) is 2. The van der Waals surface area contributed by atoms with E-state index < -0.39 is 0 Å². The normalized spacial score (nSPS) is 17.1. The molecule has 1 aliphatic carbocycles. The number of nitriles is 1. The Kier molecular flexibility index (Phi) is 13.9. The monoisotopic (exact) mass is 567 g/mol.